The van der Waals surface area contributed by atoms with E-state index in [1.807, 2.05) is 6.07 Å². The number of benzene rings is 2. The molecule has 0 saturated heterocycles. The zero-order valence-corrected chi connectivity index (χ0v) is 22.2. The first-order valence-corrected chi connectivity index (χ1v) is 14.5. The Morgan fingerprint density at radius 1 is 0.771 bits per heavy atom. The molecule has 194 valence electrons. The fourth-order valence-corrected chi connectivity index (χ4v) is 5.00. The van der Waals surface area contributed by atoms with Gasteiger partial charge in [0.05, 0.1) is 17.2 Å². The molecule has 0 unspecified atom stereocenters. The number of anilines is 2. The van der Waals surface area contributed by atoms with Gasteiger partial charge in [0.1, 0.15) is 5.75 Å². The average Bonchev–Trinajstić information content (AvgIpc) is 2.83. The molecule has 0 fully saturated rings. The van der Waals surface area contributed by atoms with E-state index in [1.54, 1.807) is 30.3 Å². The largest absolute Gasteiger partial charge is 0.491 e. The first kappa shape index (κ1) is 28.7. The molecule has 35 heavy (non-hydrogen) atoms. The van der Waals surface area contributed by atoms with Crippen molar-refractivity contribution in [2.75, 3.05) is 16.6 Å². The van der Waals surface area contributed by atoms with Crippen molar-refractivity contribution in [3.05, 3.63) is 48.5 Å². The fraction of sp³-hybridized carbons (Fsp3) is 0.536. The maximum Gasteiger partial charge on any atom is 0.262 e. The topological polar surface area (TPSA) is 84.5 Å². The molecule has 1 amide bonds. The van der Waals surface area contributed by atoms with E-state index in [0.717, 1.165) is 12.8 Å². The zero-order chi connectivity index (χ0) is 25.4. The number of amides is 1. The molecule has 7 heteroatoms. The molecule has 0 aliphatic rings. The van der Waals surface area contributed by atoms with Gasteiger partial charge in [-0.05, 0) is 42.8 Å². The van der Waals surface area contributed by atoms with E-state index in [1.165, 1.54) is 83.3 Å². The number of rotatable bonds is 18. The number of sulfonamides is 1. The van der Waals surface area contributed by atoms with Crippen LogP contribution in [0.1, 0.15) is 90.9 Å². The molecule has 2 aromatic rings. The Hall–Kier alpha value is -2.54. The summed E-state index contributed by atoms with van der Waals surface area (Å²) < 4.78 is 34.2. The number of carbonyl (C=O) groups excluding carboxylic acids is 1. The summed E-state index contributed by atoms with van der Waals surface area (Å²) in [6, 6.07) is 13.1. The van der Waals surface area contributed by atoms with Crippen LogP contribution in [0.25, 0.3) is 0 Å². The van der Waals surface area contributed by atoms with Gasteiger partial charge < -0.3 is 10.1 Å². The van der Waals surface area contributed by atoms with E-state index in [-0.39, 0.29) is 10.8 Å². The van der Waals surface area contributed by atoms with Gasteiger partial charge in [0.25, 0.3) is 10.0 Å². The van der Waals surface area contributed by atoms with Gasteiger partial charge in [-0.25, -0.2) is 8.42 Å². The predicted octanol–water partition coefficient (Wildman–Crippen LogP) is 7.53. The van der Waals surface area contributed by atoms with Crippen molar-refractivity contribution in [2.24, 2.45) is 0 Å². The van der Waals surface area contributed by atoms with Gasteiger partial charge in [0.2, 0.25) is 5.91 Å². The smallest absolute Gasteiger partial charge is 0.262 e. The molecule has 0 aromatic heterocycles. The summed E-state index contributed by atoms with van der Waals surface area (Å²) >= 11 is 0. The Kier molecular flexibility index (Phi) is 13.3. The summed E-state index contributed by atoms with van der Waals surface area (Å²) in [4.78, 5) is 11.3. The zero-order valence-electron chi connectivity index (χ0n) is 21.4. The molecule has 0 saturated carbocycles. The molecule has 0 radical (unpaired) electrons. The van der Waals surface area contributed by atoms with E-state index in [4.69, 9.17) is 4.74 Å². The van der Waals surface area contributed by atoms with Gasteiger partial charge in [-0.15, -0.1) is 0 Å². The Morgan fingerprint density at radius 3 is 1.89 bits per heavy atom. The Balaban J connectivity index is 1.70. The molecule has 2 aromatic carbocycles. The summed E-state index contributed by atoms with van der Waals surface area (Å²) in [5.74, 6) is 0.312. The van der Waals surface area contributed by atoms with Crippen molar-refractivity contribution < 1.29 is 17.9 Å². The summed E-state index contributed by atoms with van der Waals surface area (Å²) in [7, 11) is -3.78. The van der Waals surface area contributed by atoms with Crippen molar-refractivity contribution in [3.8, 4) is 5.75 Å². The van der Waals surface area contributed by atoms with Crippen LogP contribution in [0.2, 0.25) is 0 Å². The lowest BCUT2D eigenvalue weighted by Gasteiger charge is -2.14. The van der Waals surface area contributed by atoms with Gasteiger partial charge in [-0.1, -0.05) is 89.7 Å². The molecule has 0 atom stereocenters. The van der Waals surface area contributed by atoms with Crippen LogP contribution in [0.4, 0.5) is 11.4 Å². The van der Waals surface area contributed by atoms with Gasteiger partial charge in [0, 0.05) is 12.6 Å². The maximum absolute atomic E-state index is 12.8. The lowest BCUT2D eigenvalue weighted by atomic mass is 10.1. The Morgan fingerprint density at radius 2 is 1.31 bits per heavy atom. The van der Waals surface area contributed by atoms with E-state index in [2.05, 4.69) is 17.0 Å². The number of hydrogen-bond acceptors (Lipinski definition) is 4. The quantitative estimate of drug-likeness (QED) is 0.206. The summed E-state index contributed by atoms with van der Waals surface area (Å²) in [5, 5.41) is 2.63. The van der Waals surface area contributed by atoms with Crippen LogP contribution in [0.15, 0.2) is 53.4 Å². The molecule has 0 heterocycles. The number of carbonyl (C=O) groups is 1. The minimum absolute atomic E-state index is 0.113. The van der Waals surface area contributed by atoms with Crippen LogP contribution >= 0.6 is 0 Å². The highest BCUT2D eigenvalue weighted by Gasteiger charge is 2.16. The minimum Gasteiger partial charge on any atom is -0.491 e. The normalized spacial score (nSPS) is 11.3. The van der Waals surface area contributed by atoms with Gasteiger partial charge in [0.15, 0.2) is 0 Å². The number of ether oxygens (including phenoxy) is 1. The summed E-state index contributed by atoms with van der Waals surface area (Å²) in [6.45, 7) is 4.21. The van der Waals surface area contributed by atoms with Gasteiger partial charge in [-0.3, -0.25) is 9.52 Å². The predicted molar refractivity (Wildman–Crippen MR) is 145 cm³/mol. The second-order valence-corrected chi connectivity index (χ2v) is 10.7. The van der Waals surface area contributed by atoms with Crippen LogP contribution in [-0.2, 0) is 14.8 Å². The highest BCUT2D eigenvalue weighted by molar-refractivity contribution is 7.92. The highest BCUT2D eigenvalue weighted by atomic mass is 32.2. The van der Waals surface area contributed by atoms with E-state index in [0.29, 0.717) is 23.7 Å². The molecule has 0 spiro atoms. The molecule has 2 N–H and O–H groups in total. The van der Waals surface area contributed by atoms with Gasteiger partial charge >= 0.3 is 0 Å². The monoisotopic (exact) mass is 502 g/mol. The van der Waals surface area contributed by atoms with Crippen molar-refractivity contribution in [2.45, 2.75) is 95.8 Å². The highest BCUT2D eigenvalue weighted by Crippen LogP contribution is 2.27. The maximum atomic E-state index is 12.8. The van der Waals surface area contributed by atoms with E-state index >= 15 is 0 Å². The number of para-hydroxylation sites is 2. The third-order valence-electron chi connectivity index (χ3n) is 5.87. The summed E-state index contributed by atoms with van der Waals surface area (Å²) in [5.41, 5.74) is 0.958. The van der Waals surface area contributed by atoms with E-state index in [9.17, 15) is 13.2 Å². The number of hydrogen-bond donors (Lipinski definition) is 2. The van der Waals surface area contributed by atoms with Crippen LogP contribution in [0.5, 0.6) is 5.75 Å². The SMILES string of the molecule is CCCCCCCCCCCCCCOc1ccccc1NS(=O)(=O)c1ccc(NC(C)=O)cc1. The second kappa shape index (κ2) is 16.2. The molecule has 2 rings (SSSR count). The van der Waals surface area contributed by atoms with Crippen molar-refractivity contribution >= 4 is 27.3 Å². The summed E-state index contributed by atoms with van der Waals surface area (Å²) in [6.07, 6.45) is 15.4. The van der Waals surface area contributed by atoms with Crippen molar-refractivity contribution in [1.29, 1.82) is 0 Å². The van der Waals surface area contributed by atoms with E-state index < -0.39 is 10.0 Å². The standard InChI is InChI=1S/C28H42N2O4S/c1-3-4-5-6-7-8-9-10-11-12-13-16-23-34-28-18-15-14-17-27(28)30-35(32,33)26-21-19-25(20-22-26)29-24(2)31/h14-15,17-22,30H,3-13,16,23H2,1-2H3,(H,29,31). The first-order valence-electron chi connectivity index (χ1n) is 13.0. The Labute approximate surface area is 211 Å². The number of unbranched alkanes of at least 4 members (excludes halogenated alkanes) is 11. The molecule has 0 aliphatic carbocycles. The lowest BCUT2D eigenvalue weighted by Crippen LogP contribution is -2.14. The molecule has 0 aliphatic heterocycles. The van der Waals surface area contributed by atoms with Crippen molar-refractivity contribution in [3.63, 3.8) is 0 Å². The first-order chi connectivity index (χ1) is 16.9. The van der Waals surface area contributed by atoms with Crippen molar-refractivity contribution in [1.82, 2.24) is 0 Å². The number of nitrogens with one attached hydrogen (secondary N) is 2. The van der Waals surface area contributed by atoms with Crippen LogP contribution in [-0.4, -0.2) is 20.9 Å². The van der Waals surface area contributed by atoms with Crippen LogP contribution < -0.4 is 14.8 Å². The molecule has 6 nitrogen and oxygen atoms in total. The minimum atomic E-state index is -3.78. The molecule has 0 bridgehead atoms. The third-order valence-corrected chi connectivity index (χ3v) is 7.25. The Bertz CT molecular complexity index is 975. The average molecular weight is 503 g/mol. The lowest BCUT2D eigenvalue weighted by molar-refractivity contribution is -0.114. The van der Waals surface area contributed by atoms with Crippen LogP contribution in [0, 0.1) is 0 Å². The van der Waals surface area contributed by atoms with Gasteiger partial charge in [-0.2, -0.15) is 0 Å². The van der Waals surface area contributed by atoms with Crippen LogP contribution in [0.3, 0.4) is 0 Å². The molecular formula is C28H42N2O4S. The third kappa shape index (κ3) is 11.6. The fourth-order valence-electron chi connectivity index (χ4n) is 3.93. The second-order valence-electron chi connectivity index (χ2n) is 9.04. The molecular weight excluding hydrogens is 460 g/mol.